The monoisotopic (exact) mass is 306 g/mol. The minimum Gasteiger partial charge on any atom is -0.356 e. The predicted octanol–water partition coefficient (Wildman–Crippen LogP) is 2.49. The minimum atomic E-state index is -4.63. The van der Waals surface area contributed by atoms with E-state index >= 15 is 0 Å². The molecule has 0 aliphatic rings. The lowest BCUT2D eigenvalue weighted by atomic mass is 9.97. The molecule has 3 nitrogen and oxygen atoms in total. The fourth-order valence-electron chi connectivity index (χ4n) is 1.89. The van der Waals surface area contributed by atoms with E-state index in [1.54, 1.807) is 0 Å². The van der Waals surface area contributed by atoms with Gasteiger partial charge in [-0.15, -0.1) is 0 Å². The standard InChI is InChI=1S/C14H18F4N2O/c1-2-3-20-13(21)10(8-19)4-9-5-11(14(16,17)18)7-12(15)6-9/h5-7,10H,2-4,8,19H2,1H3,(H,20,21). The number of halogens is 4. The van der Waals surface area contributed by atoms with Crippen LogP contribution in [0.1, 0.15) is 24.5 Å². The molecule has 0 heterocycles. The van der Waals surface area contributed by atoms with Crippen LogP contribution in [0, 0.1) is 11.7 Å². The van der Waals surface area contributed by atoms with Crippen molar-refractivity contribution in [3.8, 4) is 0 Å². The SMILES string of the molecule is CCCNC(=O)C(CN)Cc1cc(F)cc(C(F)(F)F)c1. The summed E-state index contributed by atoms with van der Waals surface area (Å²) in [6.45, 7) is 2.32. The molecule has 1 atom stereocenters. The summed E-state index contributed by atoms with van der Waals surface area (Å²) in [5, 5.41) is 2.63. The van der Waals surface area contributed by atoms with Crippen LogP contribution in [0.4, 0.5) is 17.6 Å². The number of alkyl halides is 3. The van der Waals surface area contributed by atoms with E-state index in [-0.39, 0.29) is 24.4 Å². The van der Waals surface area contributed by atoms with E-state index in [4.69, 9.17) is 5.73 Å². The molecule has 21 heavy (non-hydrogen) atoms. The smallest absolute Gasteiger partial charge is 0.356 e. The molecular formula is C14H18F4N2O. The average molecular weight is 306 g/mol. The third kappa shape index (κ3) is 5.34. The molecule has 0 radical (unpaired) electrons. The van der Waals surface area contributed by atoms with Crippen molar-refractivity contribution in [2.24, 2.45) is 11.7 Å². The van der Waals surface area contributed by atoms with Crippen molar-refractivity contribution in [2.75, 3.05) is 13.1 Å². The molecule has 1 aromatic carbocycles. The van der Waals surface area contributed by atoms with E-state index in [0.717, 1.165) is 18.6 Å². The fourth-order valence-corrected chi connectivity index (χ4v) is 1.89. The van der Waals surface area contributed by atoms with E-state index in [1.807, 2.05) is 6.92 Å². The van der Waals surface area contributed by atoms with Crippen molar-refractivity contribution >= 4 is 5.91 Å². The van der Waals surface area contributed by atoms with Gasteiger partial charge in [0.25, 0.3) is 0 Å². The topological polar surface area (TPSA) is 55.1 Å². The highest BCUT2D eigenvalue weighted by Crippen LogP contribution is 2.30. The molecule has 7 heteroatoms. The largest absolute Gasteiger partial charge is 0.416 e. The zero-order valence-corrected chi connectivity index (χ0v) is 11.6. The number of rotatable bonds is 6. The first kappa shape index (κ1) is 17.4. The van der Waals surface area contributed by atoms with Crippen LogP contribution in [0.15, 0.2) is 18.2 Å². The maximum absolute atomic E-state index is 13.3. The molecule has 0 aliphatic carbocycles. The molecule has 3 N–H and O–H groups in total. The summed E-state index contributed by atoms with van der Waals surface area (Å²) in [4.78, 5) is 11.8. The van der Waals surface area contributed by atoms with Crippen LogP contribution in [0.25, 0.3) is 0 Å². The Hall–Kier alpha value is -1.63. The van der Waals surface area contributed by atoms with Crippen molar-refractivity contribution in [1.82, 2.24) is 5.32 Å². The average Bonchev–Trinajstić information content (AvgIpc) is 2.40. The second-order valence-corrected chi connectivity index (χ2v) is 4.77. The van der Waals surface area contributed by atoms with Gasteiger partial charge in [-0.25, -0.2) is 4.39 Å². The molecule has 118 valence electrons. The molecule has 0 fully saturated rings. The number of carbonyl (C=O) groups excluding carboxylic acids is 1. The Labute approximate surface area is 120 Å². The van der Waals surface area contributed by atoms with Crippen LogP contribution in [-0.4, -0.2) is 19.0 Å². The molecule has 0 bridgehead atoms. The van der Waals surface area contributed by atoms with Gasteiger partial charge in [0.1, 0.15) is 5.82 Å². The maximum atomic E-state index is 13.3. The van der Waals surface area contributed by atoms with Crippen LogP contribution in [0.3, 0.4) is 0 Å². The van der Waals surface area contributed by atoms with E-state index in [1.165, 1.54) is 0 Å². The summed E-state index contributed by atoms with van der Waals surface area (Å²) < 4.78 is 51.1. The zero-order chi connectivity index (χ0) is 16.0. The van der Waals surface area contributed by atoms with Crippen molar-refractivity contribution in [3.63, 3.8) is 0 Å². The van der Waals surface area contributed by atoms with Crippen molar-refractivity contribution in [1.29, 1.82) is 0 Å². The Kier molecular flexibility index (Phi) is 6.14. The van der Waals surface area contributed by atoms with Gasteiger partial charge >= 0.3 is 6.18 Å². The Morgan fingerprint density at radius 2 is 2.00 bits per heavy atom. The number of carbonyl (C=O) groups is 1. The lowest BCUT2D eigenvalue weighted by molar-refractivity contribution is -0.137. The summed E-state index contributed by atoms with van der Waals surface area (Å²) in [7, 11) is 0. The van der Waals surface area contributed by atoms with E-state index < -0.39 is 23.5 Å². The quantitative estimate of drug-likeness (QED) is 0.793. The molecule has 1 rings (SSSR count). The van der Waals surface area contributed by atoms with Gasteiger partial charge < -0.3 is 11.1 Å². The van der Waals surface area contributed by atoms with E-state index in [9.17, 15) is 22.4 Å². The molecule has 0 aliphatic heterocycles. The number of nitrogens with two attached hydrogens (primary N) is 1. The van der Waals surface area contributed by atoms with E-state index in [0.29, 0.717) is 12.6 Å². The van der Waals surface area contributed by atoms with Crippen LogP contribution >= 0.6 is 0 Å². The highest BCUT2D eigenvalue weighted by molar-refractivity contribution is 5.79. The van der Waals surface area contributed by atoms with Crippen molar-refractivity contribution in [2.45, 2.75) is 25.9 Å². The van der Waals surface area contributed by atoms with E-state index in [2.05, 4.69) is 5.32 Å². The summed E-state index contributed by atoms with van der Waals surface area (Å²) in [6, 6.07) is 2.27. The number of amides is 1. The van der Waals surface area contributed by atoms with Crippen molar-refractivity contribution in [3.05, 3.63) is 35.1 Å². The van der Waals surface area contributed by atoms with Gasteiger partial charge in [-0.3, -0.25) is 4.79 Å². The lowest BCUT2D eigenvalue weighted by Gasteiger charge is -2.16. The van der Waals surface area contributed by atoms with Gasteiger partial charge in [0.05, 0.1) is 11.5 Å². The number of nitrogens with one attached hydrogen (secondary N) is 1. The van der Waals surface area contributed by atoms with Gasteiger partial charge in [0.2, 0.25) is 5.91 Å². The van der Waals surface area contributed by atoms with Crippen LogP contribution in [0.5, 0.6) is 0 Å². The summed E-state index contributed by atoms with van der Waals surface area (Å²) >= 11 is 0. The molecule has 1 unspecified atom stereocenters. The van der Waals surface area contributed by atoms with Gasteiger partial charge in [0, 0.05) is 13.1 Å². The zero-order valence-electron chi connectivity index (χ0n) is 11.6. The Morgan fingerprint density at radius 3 is 2.52 bits per heavy atom. The van der Waals surface area contributed by atoms with Gasteiger partial charge in [-0.2, -0.15) is 13.2 Å². The molecule has 1 amide bonds. The minimum absolute atomic E-state index is 0.0204. The van der Waals surface area contributed by atoms with Crippen LogP contribution in [-0.2, 0) is 17.4 Å². The van der Waals surface area contributed by atoms with Gasteiger partial charge in [0.15, 0.2) is 0 Å². The molecule has 0 saturated heterocycles. The summed E-state index contributed by atoms with van der Waals surface area (Å²) in [6.07, 6.45) is -3.92. The highest BCUT2D eigenvalue weighted by atomic mass is 19.4. The molecule has 1 aromatic rings. The Balaban J connectivity index is 2.90. The first-order valence-electron chi connectivity index (χ1n) is 6.62. The third-order valence-corrected chi connectivity index (χ3v) is 2.97. The third-order valence-electron chi connectivity index (χ3n) is 2.97. The van der Waals surface area contributed by atoms with Crippen molar-refractivity contribution < 1.29 is 22.4 Å². The fraction of sp³-hybridized carbons (Fsp3) is 0.500. The predicted molar refractivity (Wildman–Crippen MR) is 71.0 cm³/mol. The summed E-state index contributed by atoms with van der Waals surface area (Å²) in [5.74, 6) is -2.00. The molecule has 0 saturated carbocycles. The number of hydrogen-bond donors (Lipinski definition) is 2. The normalized spacial score (nSPS) is 13.0. The Morgan fingerprint density at radius 1 is 1.33 bits per heavy atom. The molecule has 0 aromatic heterocycles. The summed E-state index contributed by atoms with van der Waals surface area (Å²) in [5.41, 5.74) is 4.51. The van der Waals surface area contributed by atoms with Crippen LogP contribution < -0.4 is 11.1 Å². The van der Waals surface area contributed by atoms with Crippen LogP contribution in [0.2, 0.25) is 0 Å². The van der Waals surface area contributed by atoms with Gasteiger partial charge in [-0.1, -0.05) is 6.92 Å². The second-order valence-electron chi connectivity index (χ2n) is 4.77. The molecular weight excluding hydrogens is 288 g/mol. The highest BCUT2D eigenvalue weighted by Gasteiger charge is 2.31. The second kappa shape index (κ2) is 7.40. The van der Waals surface area contributed by atoms with Gasteiger partial charge in [-0.05, 0) is 36.6 Å². The lowest BCUT2D eigenvalue weighted by Crippen LogP contribution is -2.36. The number of benzene rings is 1. The number of hydrogen-bond acceptors (Lipinski definition) is 2. The first-order chi connectivity index (χ1) is 9.77. The first-order valence-corrected chi connectivity index (χ1v) is 6.62. The Bertz CT molecular complexity index is 488. The maximum Gasteiger partial charge on any atom is 0.416 e. The molecule has 0 spiro atoms.